The number of nitrogens with zero attached hydrogens (tertiary/aromatic N) is 2. The van der Waals surface area contributed by atoms with Gasteiger partial charge in [0.2, 0.25) is 5.76 Å². The van der Waals surface area contributed by atoms with Crippen molar-refractivity contribution in [1.29, 1.82) is 0 Å². The third kappa shape index (κ3) is 2.12. The lowest BCUT2D eigenvalue weighted by atomic mass is 10.2. The summed E-state index contributed by atoms with van der Waals surface area (Å²) in [6.45, 7) is 0. The molecule has 7 nitrogen and oxygen atoms in total. The van der Waals surface area contributed by atoms with E-state index in [4.69, 9.17) is 9.52 Å². The smallest absolute Gasteiger partial charge is 0.415 e. The van der Waals surface area contributed by atoms with Crippen LogP contribution in [0.5, 0.6) is 0 Å². The van der Waals surface area contributed by atoms with Crippen LogP contribution in [0.15, 0.2) is 47.6 Å². The highest BCUT2D eigenvalue weighted by Crippen LogP contribution is 2.20. The third-order valence-electron chi connectivity index (χ3n) is 2.78. The van der Waals surface area contributed by atoms with Crippen molar-refractivity contribution in [3.63, 3.8) is 0 Å². The molecule has 0 fully saturated rings. The number of nitrogens with one attached hydrogen (secondary N) is 1. The topological polar surface area (TPSA) is 97.4 Å². The van der Waals surface area contributed by atoms with E-state index in [1.165, 1.54) is 25.0 Å². The average Bonchev–Trinajstić information content (AvgIpc) is 3.07. The lowest BCUT2D eigenvalue weighted by molar-refractivity contribution is 0.0996. The molecule has 0 aliphatic heterocycles. The molecule has 0 saturated heterocycles. The molecule has 2 heterocycles. The van der Waals surface area contributed by atoms with Crippen LogP contribution in [0.25, 0.3) is 10.8 Å². The minimum absolute atomic E-state index is 0.105. The Balaban J connectivity index is 1.89. The Morgan fingerprint density at radius 2 is 2.05 bits per heavy atom. The Labute approximate surface area is 112 Å². The molecule has 2 N–H and O–H groups in total. The lowest BCUT2D eigenvalue weighted by Crippen LogP contribution is -2.10. The minimum Gasteiger partial charge on any atom is -0.464 e. The van der Waals surface area contributed by atoms with Crippen LogP contribution in [0.1, 0.15) is 10.6 Å². The van der Waals surface area contributed by atoms with Gasteiger partial charge in [0.25, 0.3) is 5.91 Å². The molecule has 20 heavy (non-hydrogen) atoms. The van der Waals surface area contributed by atoms with Gasteiger partial charge >= 0.3 is 6.09 Å². The second-order valence-corrected chi connectivity index (χ2v) is 4.11. The van der Waals surface area contributed by atoms with Crippen molar-refractivity contribution in [2.75, 3.05) is 5.32 Å². The molecule has 7 heteroatoms. The molecule has 2 aromatic heterocycles. The molecular weight excluding hydrogens is 262 g/mol. The maximum atomic E-state index is 11.8. The average molecular weight is 271 g/mol. The van der Waals surface area contributed by atoms with Crippen molar-refractivity contribution < 1.29 is 19.1 Å². The van der Waals surface area contributed by atoms with E-state index in [0.717, 1.165) is 9.95 Å². The number of oxazole rings is 1. The van der Waals surface area contributed by atoms with Crippen LogP contribution >= 0.6 is 0 Å². The quantitative estimate of drug-likeness (QED) is 0.745. The highest BCUT2D eigenvalue weighted by molar-refractivity contribution is 6.03. The first kappa shape index (κ1) is 12.0. The zero-order valence-corrected chi connectivity index (χ0v) is 10.1. The molecule has 3 aromatic rings. The summed E-state index contributed by atoms with van der Waals surface area (Å²) in [6.07, 6.45) is 4.40. The van der Waals surface area contributed by atoms with E-state index >= 15 is 0 Å². The van der Waals surface area contributed by atoms with Crippen LogP contribution in [-0.4, -0.2) is 26.7 Å². The molecule has 0 radical (unpaired) electrons. The summed E-state index contributed by atoms with van der Waals surface area (Å²) >= 11 is 0. The van der Waals surface area contributed by atoms with Gasteiger partial charge in [-0.3, -0.25) is 9.36 Å². The Morgan fingerprint density at radius 1 is 1.25 bits per heavy atom. The van der Waals surface area contributed by atoms with E-state index < -0.39 is 12.0 Å². The molecule has 0 aliphatic carbocycles. The number of hydrogen-bond donors (Lipinski definition) is 2. The van der Waals surface area contributed by atoms with Crippen LogP contribution in [0, 0.1) is 0 Å². The predicted octanol–water partition coefficient (Wildman–Crippen LogP) is 2.41. The molecule has 100 valence electrons. The van der Waals surface area contributed by atoms with Crippen molar-refractivity contribution in [3.05, 3.63) is 48.9 Å². The van der Waals surface area contributed by atoms with Gasteiger partial charge < -0.3 is 14.8 Å². The summed E-state index contributed by atoms with van der Waals surface area (Å²) in [6, 6.07) is 5.09. The predicted molar refractivity (Wildman–Crippen MR) is 69.8 cm³/mol. The number of amides is 1. The first-order chi connectivity index (χ1) is 9.63. The molecular formula is C13H9N3O4. The van der Waals surface area contributed by atoms with Gasteiger partial charge in [0.1, 0.15) is 0 Å². The molecule has 0 aliphatic rings. The maximum absolute atomic E-state index is 11.8. The number of benzene rings is 1. The van der Waals surface area contributed by atoms with E-state index in [1.54, 1.807) is 18.2 Å². The standard InChI is InChI=1S/C13H9N3O4/c17-12(11-4-14-7-20-11)15-10-2-1-8-5-16(13(18)19)6-9(8)3-10/h1-7H,(H,15,17)(H,18,19). The number of rotatable bonds is 2. The summed E-state index contributed by atoms with van der Waals surface area (Å²) in [7, 11) is 0. The number of carbonyl (C=O) groups excluding carboxylic acids is 1. The monoisotopic (exact) mass is 271 g/mol. The molecule has 0 saturated carbocycles. The number of anilines is 1. The fraction of sp³-hybridized carbons (Fsp3) is 0. The SMILES string of the molecule is O=C(Nc1ccc2cn(C(=O)O)cc2c1)c1cnco1. The summed E-state index contributed by atoms with van der Waals surface area (Å²) in [5.41, 5.74) is 0.544. The van der Waals surface area contributed by atoms with Gasteiger partial charge in [0.05, 0.1) is 6.20 Å². The Morgan fingerprint density at radius 3 is 2.75 bits per heavy atom. The van der Waals surface area contributed by atoms with Crippen LogP contribution in [-0.2, 0) is 0 Å². The summed E-state index contributed by atoms with van der Waals surface area (Å²) in [4.78, 5) is 26.3. The maximum Gasteiger partial charge on any atom is 0.415 e. The van der Waals surface area contributed by atoms with Gasteiger partial charge in [0, 0.05) is 28.9 Å². The van der Waals surface area contributed by atoms with Gasteiger partial charge in [-0.1, -0.05) is 6.07 Å². The molecule has 3 rings (SSSR count). The first-order valence-electron chi connectivity index (χ1n) is 5.68. The van der Waals surface area contributed by atoms with Crippen LogP contribution in [0.3, 0.4) is 0 Å². The van der Waals surface area contributed by atoms with E-state index in [9.17, 15) is 9.59 Å². The van der Waals surface area contributed by atoms with Gasteiger partial charge in [-0.05, 0) is 12.1 Å². The van der Waals surface area contributed by atoms with E-state index in [-0.39, 0.29) is 5.76 Å². The van der Waals surface area contributed by atoms with Gasteiger partial charge in [0.15, 0.2) is 6.39 Å². The molecule has 1 aromatic carbocycles. The molecule has 0 bridgehead atoms. The van der Waals surface area contributed by atoms with Crippen LogP contribution in [0.4, 0.5) is 10.5 Å². The Bertz CT molecular complexity index is 789. The summed E-state index contributed by atoms with van der Waals surface area (Å²) < 4.78 is 5.95. The van der Waals surface area contributed by atoms with Crippen LogP contribution < -0.4 is 5.32 Å². The normalized spacial score (nSPS) is 10.6. The largest absolute Gasteiger partial charge is 0.464 e. The molecule has 1 amide bonds. The van der Waals surface area contributed by atoms with Gasteiger partial charge in [-0.2, -0.15) is 0 Å². The van der Waals surface area contributed by atoms with Gasteiger partial charge in [-0.15, -0.1) is 0 Å². The minimum atomic E-state index is -1.06. The van der Waals surface area contributed by atoms with Crippen LogP contribution in [0.2, 0.25) is 0 Å². The first-order valence-corrected chi connectivity index (χ1v) is 5.68. The number of hydrogen-bond acceptors (Lipinski definition) is 4. The van der Waals surface area contributed by atoms with Gasteiger partial charge in [-0.25, -0.2) is 9.78 Å². The molecule has 0 unspecified atom stereocenters. The lowest BCUT2D eigenvalue weighted by Gasteiger charge is -2.02. The highest BCUT2D eigenvalue weighted by atomic mass is 16.4. The molecule has 0 spiro atoms. The number of fused-ring (bicyclic) bond motifs is 1. The number of carbonyl (C=O) groups is 2. The molecule has 0 atom stereocenters. The second-order valence-electron chi connectivity index (χ2n) is 4.11. The summed E-state index contributed by atoms with van der Waals surface area (Å²) in [5, 5.41) is 13.0. The Hall–Kier alpha value is -3.09. The number of carboxylic acid groups (broad SMARTS) is 1. The second kappa shape index (κ2) is 4.54. The van der Waals surface area contributed by atoms with E-state index in [0.29, 0.717) is 11.1 Å². The third-order valence-corrected chi connectivity index (χ3v) is 2.78. The summed E-state index contributed by atoms with van der Waals surface area (Å²) in [5.74, 6) is -0.312. The fourth-order valence-electron chi connectivity index (χ4n) is 1.85. The van der Waals surface area contributed by atoms with E-state index in [2.05, 4.69) is 10.3 Å². The zero-order chi connectivity index (χ0) is 14.1. The van der Waals surface area contributed by atoms with E-state index in [1.807, 2.05) is 0 Å². The zero-order valence-electron chi connectivity index (χ0n) is 10.1. The van der Waals surface area contributed by atoms with Crippen molar-refractivity contribution in [2.45, 2.75) is 0 Å². The van der Waals surface area contributed by atoms with Crippen molar-refractivity contribution >= 4 is 28.5 Å². The van der Waals surface area contributed by atoms with Crippen molar-refractivity contribution in [2.24, 2.45) is 0 Å². The van der Waals surface area contributed by atoms with Crippen molar-refractivity contribution in [3.8, 4) is 0 Å². The Kier molecular flexibility index (Phi) is 2.72. The number of aromatic nitrogens is 2. The van der Waals surface area contributed by atoms with Crippen molar-refractivity contribution in [1.82, 2.24) is 9.55 Å². The fourth-order valence-corrected chi connectivity index (χ4v) is 1.85. The highest BCUT2D eigenvalue weighted by Gasteiger charge is 2.10.